The zero-order valence-electron chi connectivity index (χ0n) is 33.8. The lowest BCUT2D eigenvalue weighted by Gasteiger charge is -2.37. The predicted octanol–water partition coefficient (Wildman–Crippen LogP) is 11.8. The van der Waals surface area contributed by atoms with Gasteiger partial charge in [-0.25, -0.2) is 0 Å². The van der Waals surface area contributed by atoms with Crippen molar-refractivity contribution in [3.8, 4) is 28.7 Å². The Morgan fingerprint density at radius 1 is 0.706 bits per heavy atom. The van der Waals surface area contributed by atoms with Gasteiger partial charge in [0.05, 0.1) is 6.61 Å². The molecule has 6 nitrogen and oxygen atoms in total. The van der Waals surface area contributed by atoms with Gasteiger partial charge < -0.3 is 23.1 Å². The van der Waals surface area contributed by atoms with Crippen molar-refractivity contribution in [1.82, 2.24) is 4.90 Å². The second kappa shape index (κ2) is 14.7. The lowest BCUT2D eigenvalue weighted by Crippen LogP contribution is -2.43. The number of fused-ring (bicyclic) bond motifs is 4. The molecule has 0 aliphatic carbocycles. The molecule has 0 saturated heterocycles. The number of hydrogen-bond donors (Lipinski definition) is 0. The molecule has 8 heteroatoms. The van der Waals surface area contributed by atoms with Crippen LogP contribution >= 0.6 is 0 Å². The van der Waals surface area contributed by atoms with Crippen LogP contribution in [-0.4, -0.2) is 53.4 Å². The van der Waals surface area contributed by atoms with Crippen LogP contribution in [0.2, 0.25) is 36.3 Å². The smallest absolute Gasteiger partial charge is 0.250 e. The maximum absolute atomic E-state index is 7.05. The largest absolute Gasteiger partial charge is 0.543 e. The molecule has 3 aromatic rings. The maximum Gasteiger partial charge on any atom is 0.250 e. The number of hydrogen-bond acceptors (Lipinski definition) is 6. The van der Waals surface area contributed by atoms with Gasteiger partial charge in [-0.05, 0) is 111 Å². The lowest BCUT2D eigenvalue weighted by atomic mass is 9.84. The van der Waals surface area contributed by atoms with Crippen LogP contribution in [0.1, 0.15) is 98.5 Å². The molecule has 0 aromatic heterocycles. The molecule has 2 heterocycles. The molecule has 51 heavy (non-hydrogen) atoms. The predicted molar refractivity (Wildman–Crippen MR) is 218 cm³/mol. The van der Waals surface area contributed by atoms with Gasteiger partial charge in [-0.1, -0.05) is 53.7 Å². The van der Waals surface area contributed by atoms with E-state index in [4.69, 9.17) is 23.1 Å². The fraction of sp³-hybridized carbons (Fsp3) is 0.535. The summed E-state index contributed by atoms with van der Waals surface area (Å²) in [6.45, 7) is 33.8. The monoisotopic (exact) mass is 729 g/mol. The minimum absolute atomic E-state index is 0.0865. The topological polar surface area (TPSA) is 49.4 Å². The molecule has 0 amide bonds. The summed E-state index contributed by atoms with van der Waals surface area (Å²) < 4.78 is 33.3. The van der Waals surface area contributed by atoms with Crippen molar-refractivity contribution in [2.24, 2.45) is 0 Å². The van der Waals surface area contributed by atoms with E-state index in [1.54, 1.807) is 0 Å². The highest BCUT2D eigenvalue weighted by Gasteiger charge is 2.41. The van der Waals surface area contributed by atoms with Crippen LogP contribution < -0.4 is 23.1 Å². The Kier molecular flexibility index (Phi) is 11.2. The number of benzene rings is 3. The van der Waals surface area contributed by atoms with Crippen LogP contribution in [0, 0.1) is 0 Å². The highest BCUT2D eigenvalue weighted by Crippen LogP contribution is 2.53. The molecule has 0 N–H and O–H groups in total. The molecular weight excluding hydrogens is 667 g/mol. The van der Waals surface area contributed by atoms with Crippen LogP contribution in [0.15, 0.2) is 60.7 Å². The third-order valence-corrected chi connectivity index (χ3v) is 20.2. The van der Waals surface area contributed by atoms with Gasteiger partial charge in [0.25, 0.3) is 0 Å². The third-order valence-electron chi connectivity index (χ3n) is 11.4. The summed E-state index contributed by atoms with van der Waals surface area (Å²) in [5.41, 5.74) is 5.60. The molecule has 278 valence electrons. The second-order valence-electron chi connectivity index (χ2n) is 17.9. The summed E-state index contributed by atoms with van der Waals surface area (Å²) in [5, 5.41) is 0.177. The quantitative estimate of drug-likeness (QED) is 0.183. The van der Waals surface area contributed by atoms with Gasteiger partial charge in [0.15, 0.2) is 0 Å². The van der Waals surface area contributed by atoms with Crippen molar-refractivity contribution >= 4 is 27.8 Å². The molecule has 0 radical (unpaired) electrons. The van der Waals surface area contributed by atoms with Crippen molar-refractivity contribution in [2.75, 3.05) is 19.8 Å². The lowest BCUT2D eigenvalue weighted by molar-refractivity contribution is 0.142. The van der Waals surface area contributed by atoms with E-state index in [0.717, 1.165) is 64.0 Å². The summed E-state index contributed by atoms with van der Waals surface area (Å²) in [7, 11) is -4.08. The van der Waals surface area contributed by atoms with Gasteiger partial charge in [-0.15, -0.1) is 0 Å². The molecule has 1 atom stereocenters. The summed E-state index contributed by atoms with van der Waals surface area (Å²) in [4.78, 5) is 2.45. The van der Waals surface area contributed by atoms with E-state index >= 15 is 0 Å². The van der Waals surface area contributed by atoms with Gasteiger partial charge in [-0.2, -0.15) is 0 Å². The Morgan fingerprint density at radius 2 is 1.22 bits per heavy atom. The first kappa shape index (κ1) is 39.0. The maximum atomic E-state index is 7.05. The first-order chi connectivity index (χ1) is 23.7. The van der Waals surface area contributed by atoms with Crippen molar-refractivity contribution in [2.45, 2.75) is 130 Å². The van der Waals surface area contributed by atoms with E-state index in [1.165, 1.54) is 5.57 Å². The summed E-state index contributed by atoms with van der Waals surface area (Å²) in [6, 6.07) is 22.1. The van der Waals surface area contributed by atoms with E-state index in [0.29, 0.717) is 25.3 Å². The standard InChI is InChI=1S/C43H63NO5Si2/c1-29(2)44(30(3)4)24-26-45-32-17-15-31(16-18-32)41-40-36(35-21-19-34(28-39(35)47-41)49-51(13,14)43(8,9)10)23-25-46-38-27-33(20-22-37(38)40)48-50(11,12)42(5,6)7/h15-22,27-30,41H,23-26H2,1-14H3/t41-/m1/s1. The van der Waals surface area contributed by atoms with Crippen LogP contribution in [-0.2, 0) is 0 Å². The van der Waals surface area contributed by atoms with Gasteiger partial charge in [0, 0.05) is 53.9 Å². The Balaban J connectivity index is 1.53. The van der Waals surface area contributed by atoms with E-state index in [2.05, 4.69) is 161 Å². The van der Waals surface area contributed by atoms with Gasteiger partial charge >= 0.3 is 0 Å². The van der Waals surface area contributed by atoms with Crippen molar-refractivity contribution in [3.63, 3.8) is 0 Å². The molecule has 0 spiro atoms. The molecule has 3 aromatic carbocycles. The zero-order valence-corrected chi connectivity index (χ0v) is 35.8. The molecule has 5 rings (SSSR count). The van der Waals surface area contributed by atoms with E-state index in [-0.39, 0.29) is 16.2 Å². The number of rotatable bonds is 11. The fourth-order valence-corrected chi connectivity index (χ4v) is 8.44. The van der Waals surface area contributed by atoms with Crippen molar-refractivity contribution in [1.29, 1.82) is 0 Å². The molecule has 0 fully saturated rings. The van der Waals surface area contributed by atoms with Crippen LogP contribution in [0.25, 0.3) is 11.1 Å². The molecule has 0 unspecified atom stereocenters. The van der Waals surface area contributed by atoms with Crippen molar-refractivity contribution < 1.29 is 23.1 Å². The highest BCUT2D eigenvalue weighted by atomic mass is 28.4. The average Bonchev–Trinajstić information content (AvgIpc) is 3.20. The Morgan fingerprint density at radius 3 is 1.75 bits per heavy atom. The van der Waals surface area contributed by atoms with Gasteiger partial charge in [0.2, 0.25) is 16.6 Å². The van der Waals surface area contributed by atoms with E-state index in [1.807, 2.05) is 0 Å². The number of nitrogens with zero attached hydrogens (tertiary/aromatic N) is 1. The normalized spacial score (nSPS) is 16.6. The molecule has 2 aliphatic heterocycles. The molecule has 0 bridgehead atoms. The van der Waals surface area contributed by atoms with E-state index in [9.17, 15) is 0 Å². The van der Waals surface area contributed by atoms with Crippen LogP contribution in [0.4, 0.5) is 0 Å². The van der Waals surface area contributed by atoms with Gasteiger partial charge in [0.1, 0.15) is 41.5 Å². The zero-order chi connectivity index (χ0) is 37.5. The molecule has 2 aliphatic rings. The minimum Gasteiger partial charge on any atom is -0.543 e. The highest BCUT2D eigenvalue weighted by molar-refractivity contribution is 6.75. The number of ether oxygens (including phenoxy) is 3. The van der Waals surface area contributed by atoms with Crippen LogP contribution in [0.3, 0.4) is 0 Å². The summed E-state index contributed by atoms with van der Waals surface area (Å²) in [6.07, 6.45) is 0.427. The third kappa shape index (κ3) is 8.55. The molecule has 0 saturated carbocycles. The van der Waals surface area contributed by atoms with Gasteiger partial charge in [-0.3, -0.25) is 4.90 Å². The van der Waals surface area contributed by atoms with Crippen molar-refractivity contribution in [3.05, 3.63) is 77.4 Å². The summed E-state index contributed by atoms with van der Waals surface area (Å²) >= 11 is 0. The first-order valence-electron chi connectivity index (χ1n) is 18.9. The average molecular weight is 730 g/mol. The minimum atomic E-state index is -2.05. The Bertz CT molecular complexity index is 1710. The summed E-state index contributed by atoms with van der Waals surface area (Å²) in [5.74, 6) is 4.27. The Hall–Kier alpha value is -3.21. The molecular formula is C43H63NO5Si2. The van der Waals surface area contributed by atoms with E-state index < -0.39 is 16.6 Å². The fourth-order valence-electron chi connectivity index (χ4n) is 6.40. The van der Waals surface area contributed by atoms with Crippen LogP contribution in [0.5, 0.6) is 28.7 Å². The Labute approximate surface area is 310 Å². The first-order valence-corrected chi connectivity index (χ1v) is 24.7. The second-order valence-corrected chi connectivity index (χ2v) is 27.3. The SMILES string of the molecule is CC(C)N(CCOc1ccc([C@H]2Oc3cc(O[Si](C)(C)C(C)(C)C)ccc3C3=C2c2ccc(O[Si](C)(C)C(C)(C)C)cc2OCC3)cc1)C(C)C.